The molecule has 0 fully saturated rings. The van der Waals surface area contributed by atoms with Gasteiger partial charge in [-0.25, -0.2) is 19.3 Å². The lowest BCUT2D eigenvalue weighted by molar-refractivity contribution is -0.151. The fraction of sp³-hybridized carbons (Fsp3) is 0.375. The number of halogens is 1. The maximum Gasteiger partial charge on any atom is 0.327 e. The highest BCUT2D eigenvalue weighted by atomic mass is 31.2. The summed E-state index contributed by atoms with van der Waals surface area (Å²) in [7, 11) is -0.996. The second-order valence-corrected chi connectivity index (χ2v) is 6.55. The second kappa shape index (κ2) is 8.39. The van der Waals surface area contributed by atoms with Crippen LogP contribution in [0.5, 0.6) is 5.75 Å². The number of fused-ring (bicyclic) bond motifs is 1. The maximum absolute atomic E-state index is 15.4. The summed E-state index contributed by atoms with van der Waals surface area (Å²) in [6.45, 7) is -0.188. The van der Waals surface area contributed by atoms with E-state index < -0.39 is 20.6 Å². The zero-order valence-corrected chi connectivity index (χ0v) is 15.4. The number of nitrogens with zero attached hydrogens (tertiary/aromatic N) is 3. The average Bonchev–Trinajstić information content (AvgIpc) is 3.28. The van der Waals surface area contributed by atoms with Crippen molar-refractivity contribution in [1.82, 2.24) is 14.9 Å². The topological polar surface area (TPSA) is 123 Å². The molecule has 1 aromatic heterocycles. The Hall–Kier alpha value is -1.94. The van der Waals surface area contributed by atoms with Crippen LogP contribution in [0.3, 0.4) is 0 Å². The van der Waals surface area contributed by atoms with Gasteiger partial charge in [-0.3, -0.25) is 0 Å². The van der Waals surface area contributed by atoms with E-state index in [2.05, 4.69) is 9.97 Å². The molecule has 2 atom stereocenters. The van der Waals surface area contributed by atoms with E-state index >= 15 is 4.39 Å². The third-order valence-corrected chi connectivity index (χ3v) is 4.59. The number of hydrogen-bond donors (Lipinski definition) is 3. The van der Waals surface area contributed by atoms with Crippen molar-refractivity contribution < 1.29 is 28.2 Å². The number of nitrogen functional groups attached to an aromatic ring is 1. The van der Waals surface area contributed by atoms with E-state index in [1.807, 2.05) is 18.2 Å². The lowest BCUT2D eigenvalue weighted by Crippen LogP contribution is -2.42. The van der Waals surface area contributed by atoms with Crippen molar-refractivity contribution in [3.05, 3.63) is 47.9 Å². The Morgan fingerprint density at radius 3 is 2.70 bits per heavy atom. The maximum atomic E-state index is 15.4. The minimum absolute atomic E-state index is 0.0490. The van der Waals surface area contributed by atoms with Gasteiger partial charge >= 0.3 is 8.60 Å². The van der Waals surface area contributed by atoms with E-state index in [0.717, 1.165) is 0 Å². The van der Waals surface area contributed by atoms with Crippen molar-refractivity contribution in [2.75, 3.05) is 26.2 Å². The molecule has 0 radical (unpaired) electrons. The summed E-state index contributed by atoms with van der Waals surface area (Å²) in [6, 6.07) is 9.01. The van der Waals surface area contributed by atoms with Crippen LogP contribution in [0.4, 0.5) is 10.2 Å². The number of anilines is 1. The summed E-state index contributed by atoms with van der Waals surface area (Å²) in [6.07, 6.45) is 0.551. The highest BCUT2D eigenvalue weighted by molar-refractivity contribution is 7.39. The number of nitrogens with two attached hydrogens (primary N) is 1. The highest BCUT2D eigenvalue weighted by Crippen LogP contribution is 2.54. The third kappa shape index (κ3) is 4.32. The molecule has 2 unspecified atom stereocenters. The van der Waals surface area contributed by atoms with Gasteiger partial charge in [-0.2, -0.15) is 0 Å². The van der Waals surface area contributed by atoms with E-state index in [1.165, 1.54) is 18.3 Å². The first-order valence-corrected chi connectivity index (χ1v) is 9.24. The molecule has 9 nitrogen and oxygen atoms in total. The van der Waals surface area contributed by atoms with Crippen LogP contribution in [0, 0.1) is 0 Å². The third-order valence-electron chi connectivity index (χ3n) is 4.18. The van der Waals surface area contributed by atoms with Crippen LogP contribution >= 0.6 is 8.60 Å². The molecule has 4 N–H and O–H groups in total. The van der Waals surface area contributed by atoms with E-state index in [0.29, 0.717) is 5.75 Å². The molecule has 0 saturated heterocycles. The molecule has 146 valence electrons. The molecule has 0 aliphatic heterocycles. The van der Waals surface area contributed by atoms with Crippen LogP contribution < -0.4 is 10.5 Å². The minimum atomic E-state index is -2.51. The fourth-order valence-electron chi connectivity index (χ4n) is 2.75. The molecule has 0 bridgehead atoms. The first-order chi connectivity index (χ1) is 12.9. The lowest BCUT2D eigenvalue weighted by Gasteiger charge is -2.30. The standard InChI is InChI=1S/C16H20FN4O5P/c1-21(16(17)13-14(16)19-9-20-15(13)18)12(7-8-26-27(22)23)25-10-24-11-5-3-2-4-6-11/h2-6,9,12,22-23H,7-8,10H2,1H3,(H2,18,19,20). The van der Waals surface area contributed by atoms with Gasteiger partial charge in [0, 0.05) is 6.42 Å². The molecule has 1 aliphatic carbocycles. The summed E-state index contributed by atoms with van der Waals surface area (Å²) in [5, 5.41) is 0. The number of benzene rings is 1. The number of hydrogen-bond acceptors (Lipinski definition) is 9. The van der Waals surface area contributed by atoms with Crippen molar-refractivity contribution in [1.29, 1.82) is 0 Å². The molecule has 1 aromatic carbocycles. The Bertz CT molecular complexity index is 772. The molecule has 3 rings (SSSR count). The molecule has 1 heterocycles. The number of rotatable bonds is 10. The van der Waals surface area contributed by atoms with Gasteiger partial charge in [-0.05, 0) is 19.2 Å². The summed E-state index contributed by atoms with van der Waals surface area (Å²) in [5.41, 5.74) is 6.12. The summed E-state index contributed by atoms with van der Waals surface area (Å²) in [4.78, 5) is 26.8. The summed E-state index contributed by atoms with van der Waals surface area (Å²) in [5.74, 6) is -1.33. The van der Waals surface area contributed by atoms with E-state index in [-0.39, 0.29) is 36.9 Å². The van der Waals surface area contributed by atoms with Gasteiger partial charge in [-0.1, -0.05) is 18.2 Å². The number of aromatic nitrogens is 2. The predicted octanol–water partition coefficient (Wildman–Crippen LogP) is 1.47. The molecule has 0 saturated carbocycles. The smallest absolute Gasteiger partial charge is 0.327 e. The zero-order chi connectivity index (χ0) is 19.4. The normalized spacial score (nSPS) is 19.2. The van der Waals surface area contributed by atoms with Crippen molar-refractivity contribution in [2.45, 2.75) is 18.4 Å². The van der Waals surface area contributed by atoms with Crippen LogP contribution in [0.15, 0.2) is 36.7 Å². The number of ether oxygens (including phenoxy) is 2. The van der Waals surface area contributed by atoms with Gasteiger partial charge < -0.3 is 29.5 Å². The van der Waals surface area contributed by atoms with Gasteiger partial charge in [0.05, 0.1) is 12.2 Å². The van der Waals surface area contributed by atoms with Gasteiger partial charge in [0.2, 0.25) is 5.79 Å². The van der Waals surface area contributed by atoms with Gasteiger partial charge in [0.1, 0.15) is 29.8 Å². The Kier molecular flexibility index (Phi) is 6.15. The number of para-hydroxylation sites is 1. The van der Waals surface area contributed by atoms with E-state index in [4.69, 9.17) is 29.5 Å². The predicted molar refractivity (Wildman–Crippen MR) is 94.8 cm³/mol. The molecule has 1 aliphatic rings. The quantitative estimate of drug-likeness (QED) is 0.310. The monoisotopic (exact) mass is 398 g/mol. The van der Waals surface area contributed by atoms with Crippen molar-refractivity contribution >= 4 is 14.4 Å². The van der Waals surface area contributed by atoms with Crippen LogP contribution in [0.2, 0.25) is 0 Å². The molecule has 11 heteroatoms. The summed E-state index contributed by atoms with van der Waals surface area (Å²) >= 11 is 0. The average molecular weight is 398 g/mol. The van der Waals surface area contributed by atoms with Crippen LogP contribution in [0.25, 0.3) is 0 Å². The Morgan fingerprint density at radius 1 is 1.30 bits per heavy atom. The highest BCUT2D eigenvalue weighted by Gasteiger charge is 2.61. The minimum Gasteiger partial charge on any atom is -0.467 e. The fourth-order valence-corrected chi connectivity index (χ4v) is 3.02. The van der Waals surface area contributed by atoms with Crippen molar-refractivity contribution in [3.63, 3.8) is 0 Å². The van der Waals surface area contributed by atoms with Crippen LogP contribution in [-0.4, -0.2) is 51.3 Å². The van der Waals surface area contributed by atoms with Crippen LogP contribution in [-0.2, 0) is 15.1 Å². The SMILES string of the molecule is CN(C(CCOP(O)O)OCOc1ccccc1)C1(F)c2ncnc(N)c21. The van der Waals surface area contributed by atoms with E-state index in [1.54, 1.807) is 12.1 Å². The molecular formula is C16H20FN4O5P. The van der Waals surface area contributed by atoms with Gasteiger partial charge in [-0.15, -0.1) is 0 Å². The van der Waals surface area contributed by atoms with Gasteiger partial charge in [0.15, 0.2) is 6.79 Å². The largest absolute Gasteiger partial charge is 0.467 e. The number of alkyl halides is 1. The van der Waals surface area contributed by atoms with Crippen molar-refractivity contribution in [3.8, 4) is 5.75 Å². The van der Waals surface area contributed by atoms with Crippen molar-refractivity contribution in [2.24, 2.45) is 0 Å². The molecule has 0 amide bonds. The Morgan fingerprint density at radius 2 is 2.04 bits per heavy atom. The van der Waals surface area contributed by atoms with Crippen LogP contribution in [0.1, 0.15) is 17.7 Å². The molecule has 0 spiro atoms. The second-order valence-electron chi connectivity index (χ2n) is 5.79. The molecule has 27 heavy (non-hydrogen) atoms. The summed E-state index contributed by atoms with van der Waals surface area (Å²) < 4.78 is 31.3. The lowest BCUT2D eigenvalue weighted by atomic mass is 10.3. The molecular weight excluding hydrogens is 378 g/mol. The van der Waals surface area contributed by atoms with Gasteiger partial charge in [0.25, 0.3) is 0 Å². The Balaban J connectivity index is 1.65. The zero-order valence-electron chi connectivity index (χ0n) is 14.5. The Labute approximate surface area is 156 Å². The first kappa shape index (κ1) is 19.8. The molecule has 2 aromatic rings. The first-order valence-electron chi connectivity index (χ1n) is 8.08. The van der Waals surface area contributed by atoms with E-state index in [9.17, 15) is 0 Å².